The molecular formula is C15H16BrNO2S2. The van der Waals surface area contributed by atoms with Crippen molar-refractivity contribution in [2.24, 2.45) is 0 Å². The molecule has 1 aromatic heterocycles. The van der Waals surface area contributed by atoms with Crippen molar-refractivity contribution in [1.82, 2.24) is 4.31 Å². The summed E-state index contributed by atoms with van der Waals surface area (Å²) in [5.41, 5.74) is 1.17. The number of sulfonamides is 1. The molecule has 0 N–H and O–H groups in total. The number of hydrogen-bond donors (Lipinski definition) is 0. The van der Waals surface area contributed by atoms with Crippen molar-refractivity contribution >= 4 is 37.3 Å². The number of thiophene rings is 1. The van der Waals surface area contributed by atoms with Crippen LogP contribution in [0.1, 0.15) is 29.8 Å². The molecule has 2 aromatic rings. The summed E-state index contributed by atoms with van der Waals surface area (Å²) in [6, 6.07) is 8.95. The van der Waals surface area contributed by atoms with E-state index in [4.69, 9.17) is 0 Å². The summed E-state index contributed by atoms with van der Waals surface area (Å²) in [5.74, 6) is 0. The first kappa shape index (κ1) is 15.2. The standard InChI is InChI=1S/C15H16BrNO2S2/c1-2-14-13-7-9-20-15(13)6-8-17(14)21(18,19)12-5-3-4-11(16)10-12/h3-5,7,9-10,14H,2,6,8H2,1H3. The van der Waals surface area contributed by atoms with E-state index in [-0.39, 0.29) is 6.04 Å². The molecule has 0 saturated carbocycles. The zero-order valence-electron chi connectivity index (χ0n) is 11.6. The molecule has 0 aliphatic carbocycles. The number of benzene rings is 1. The van der Waals surface area contributed by atoms with Gasteiger partial charge < -0.3 is 0 Å². The number of halogens is 1. The van der Waals surface area contributed by atoms with E-state index in [9.17, 15) is 8.42 Å². The minimum absolute atomic E-state index is 0.0519. The Kier molecular flexibility index (Phi) is 4.23. The Morgan fingerprint density at radius 3 is 2.90 bits per heavy atom. The highest BCUT2D eigenvalue weighted by atomic mass is 79.9. The predicted octanol–water partition coefficient (Wildman–Crippen LogP) is 4.21. The highest BCUT2D eigenvalue weighted by Gasteiger charge is 2.35. The number of rotatable bonds is 3. The minimum atomic E-state index is -3.46. The van der Waals surface area contributed by atoms with Crippen LogP contribution in [0.2, 0.25) is 0 Å². The van der Waals surface area contributed by atoms with E-state index in [1.165, 1.54) is 10.4 Å². The third-order valence-corrected chi connectivity index (χ3v) is 7.23. The van der Waals surface area contributed by atoms with Crippen molar-refractivity contribution in [3.63, 3.8) is 0 Å². The average molecular weight is 386 g/mol. The Morgan fingerprint density at radius 2 is 2.19 bits per heavy atom. The largest absolute Gasteiger partial charge is 0.243 e. The van der Waals surface area contributed by atoms with Crippen LogP contribution in [0.4, 0.5) is 0 Å². The molecule has 6 heteroatoms. The van der Waals surface area contributed by atoms with Gasteiger partial charge in [-0.05, 0) is 48.1 Å². The molecule has 1 aliphatic heterocycles. The maximum atomic E-state index is 12.9. The number of fused-ring (bicyclic) bond motifs is 1. The molecular weight excluding hydrogens is 370 g/mol. The Balaban J connectivity index is 2.03. The first-order valence-corrected chi connectivity index (χ1v) is 9.99. The molecule has 0 amide bonds. The van der Waals surface area contributed by atoms with Crippen LogP contribution in [-0.4, -0.2) is 19.3 Å². The second-order valence-corrected chi connectivity index (χ2v) is 8.85. The molecule has 0 saturated heterocycles. The predicted molar refractivity (Wildman–Crippen MR) is 89.1 cm³/mol. The molecule has 0 bridgehead atoms. The number of nitrogens with zero attached hydrogens (tertiary/aromatic N) is 1. The molecule has 0 radical (unpaired) electrons. The summed E-state index contributed by atoms with van der Waals surface area (Å²) in [6.45, 7) is 2.60. The normalized spacial score (nSPS) is 19.4. The van der Waals surface area contributed by atoms with Gasteiger partial charge in [-0.1, -0.05) is 28.9 Å². The molecule has 1 aliphatic rings. The summed E-state index contributed by atoms with van der Waals surface area (Å²) >= 11 is 5.08. The van der Waals surface area contributed by atoms with E-state index in [0.717, 1.165) is 17.3 Å². The fourth-order valence-electron chi connectivity index (χ4n) is 2.85. The molecule has 112 valence electrons. The van der Waals surface area contributed by atoms with Gasteiger partial charge in [0.25, 0.3) is 0 Å². The lowest BCUT2D eigenvalue weighted by Crippen LogP contribution is -2.39. The lowest BCUT2D eigenvalue weighted by Gasteiger charge is -2.34. The second kappa shape index (κ2) is 5.83. The summed E-state index contributed by atoms with van der Waals surface area (Å²) in [6.07, 6.45) is 1.59. The van der Waals surface area contributed by atoms with Crippen molar-refractivity contribution < 1.29 is 8.42 Å². The van der Waals surface area contributed by atoms with Gasteiger partial charge in [0.05, 0.1) is 10.9 Å². The minimum Gasteiger partial charge on any atom is -0.207 e. The fourth-order valence-corrected chi connectivity index (χ4v) is 6.05. The SMILES string of the molecule is CCC1c2ccsc2CCN1S(=O)(=O)c1cccc(Br)c1. The fraction of sp³-hybridized carbons (Fsp3) is 0.333. The maximum Gasteiger partial charge on any atom is 0.243 e. The van der Waals surface area contributed by atoms with Crippen LogP contribution in [-0.2, 0) is 16.4 Å². The van der Waals surface area contributed by atoms with Gasteiger partial charge in [-0.2, -0.15) is 4.31 Å². The Hall–Kier alpha value is -0.690. The van der Waals surface area contributed by atoms with E-state index < -0.39 is 10.0 Å². The van der Waals surface area contributed by atoms with Crippen molar-refractivity contribution in [1.29, 1.82) is 0 Å². The van der Waals surface area contributed by atoms with E-state index in [1.807, 2.05) is 13.0 Å². The molecule has 3 rings (SSSR count). The van der Waals surface area contributed by atoms with Gasteiger partial charge in [-0.3, -0.25) is 0 Å². The van der Waals surface area contributed by atoms with E-state index in [0.29, 0.717) is 11.4 Å². The molecule has 21 heavy (non-hydrogen) atoms. The number of hydrogen-bond acceptors (Lipinski definition) is 3. The lowest BCUT2D eigenvalue weighted by atomic mass is 10.0. The lowest BCUT2D eigenvalue weighted by molar-refractivity contribution is 0.303. The third-order valence-electron chi connectivity index (χ3n) is 3.84. The third kappa shape index (κ3) is 2.70. The van der Waals surface area contributed by atoms with Crippen LogP contribution in [0.3, 0.4) is 0 Å². The quantitative estimate of drug-likeness (QED) is 0.793. The van der Waals surface area contributed by atoms with E-state index in [1.54, 1.807) is 33.8 Å². The van der Waals surface area contributed by atoms with Gasteiger partial charge >= 0.3 is 0 Å². The topological polar surface area (TPSA) is 37.4 Å². The zero-order chi connectivity index (χ0) is 15.0. The van der Waals surface area contributed by atoms with Gasteiger partial charge in [-0.15, -0.1) is 11.3 Å². The second-order valence-electron chi connectivity index (χ2n) is 5.05. The molecule has 1 aromatic carbocycles. The highest BCUT2D eigenvalue weighted by Crippen LogP contribution is 2.38. The Morgan fingerprint density at radius 1 is 1.38 bits per heavy atom. The molecule has 1 unspecified atom stereocenters. The first-order chi connectivity index (χ1) is 10.0. The smallest absolute Gasteiger partial charge is 0.207 e. The van der Waals surface area contributed by atoms with Crippen LogP contribution in [0.5, 0.6) is 0 Å². The van der Waals surface area contributed by atoms with Crippen LogP contribution in [0, 0.1) is 0 Å². The molecule has 1 atom stereocenters. The first-order valence-electron chi connectivity index (χ1n) is 6.87. The molecule has 3 nitrogen and oxygen atoms in total. The summed E-state index contributed by atoms with van der Waals surface area (Å²) in [5, 5.41) is 2.06. The van der Waals surface area contributed by atoms with Crippen molar-refractivity contribution in [2.45, 2.75) is 30.7 Å². The summed E-state index contributed by atoms with van der Waals surface area (Å²) in [4.78, 5) is 1.68. The van der Waals surface area contributed by atoms with Crippen molar-refractivity contribution in [3.8, 4) is 0 Å². The van der Waals surface area contributed by atoms with Gasteiger partial charge in [0.15, 0.2) is 0 Å². The molecule has 0 fully saturated rings. The van der Waals surface area contributed by atoms with Gasteiger partial charge in [0.2, 0.25) is 10.0 Å². The highest BCUT2D eigenvalue weighted by molar-refractivity contribution is 9.10. The maximum absolute atomic E-state index is 12.9. The van der Waals surface area contributed by atoms with Crippen LogP contribution >= 0.6 is 27.3 Å². The monoisotopic (exact) mass is 385 g/mol. The molecule has 0 spiro atoms. The van der Waals surface area contributed by atoms with Gasteiger partial charge in [0, 0.05) is 15.9 Å². The zero-order valence-corrected chi connectivity index (χ0v) is 14.8. The summed E-state index contributed by atoms with van der Waals surface area (Å²) in [7, 11) is -3.46. The van der Waals surface area contributed by atoms with Crippen molar-refractivity contribution in [3.05, 3.63) is 50.6 Å². The van der Waals surface area contributed by atoms with Crippen LogP contribution < -0.4 is 0 Å². The van der Waals surface area contributed by atoms with Crippen molar-refractivity contribution in [2.75, 3.05) is 6.54 Å². The Bertz CT molecular complexity index is 755. The Labute approximate surface area is 137 Å². The van der Waals surface area contributed by atoms with E-state index in [2.05, 4.69) is 27.4 Å². The van der Waals surface area contributed by atoms with Crippen LogP contribution in [0.15, 0.2) is 45.1 Å². The summed E-state index contributed by atoms with van der Waals surface area (Å²) < 4.78 is 28.3. The van der Waals surface area contributed by atoms with Crippen LogP contribution in [0.25, 0.3) is 0 Å². The average Bonchev–Trinajstić information content (AvgIpc) is 2.94. The van der Waals surface area contributed by atoms with Gasteiger partial charge in [0.1, 0.15) is 0 Å². The van der Waals surface area contributed by atoms with E-state index >= 15 is 0 Å². The van der Waals surface area contributed by atoms with Gasteiger partial charge in [-0.25, -0.2) is 8.42 Å². The molecule has 2 heterocycles.